The van der Waals surface area contributed by atoms with Gasteiger partial charge in [-0.2, -0.15) is 5.10 Å². The number of aromatic carboxylic acids is 1. The summed E-state index contributed by atoms with van der Waals surface area (Å²) >= 11 is 0. The van der Waals surface area contributed by atoms with E-state index in [9.17, 15) is 13.6 Å². The summed E-state index contributed by atoms with van der Waals surface area (Å²) in [4.78, 5) is 10.6. The lowest BCUT2D eigenvalue weighted by Crippen LogP contribution is -1.98. The van der Waals surface area contributed by atoms with E-state index in [1.807, 2.05) is 0 Å². The molecular weight excluding hydrogens is 206 g/mol. The van der Waals surface area contributed by atoms with Crippen molar-refractivity contribution in [3.8, 4) is 0 Å². The zero-order valence-corrected chi connectivity index (χ0v) is 7.39. The molecule has 0 saturated carbocycles. The molecule has 2 heterocycles. The molecule has 0 atom stereocenters. The molecule has 0 spiro atoms. The third-order valence-electron chi connectivity index (χ3n) is 2.03. The van der Waals surface area contributed by atoms with E-state index < -0.39 is 12.4 Å². The summed E-state index contributed by atoms with van der Waals surface area (Å²) in [5, 5.41) is 12.4. The average Bonchev–Trinajstić information content (AvgIpc) is 2.59. The van der Waals surface area contributed by atoms with Crippen LogP contribution in [0.5, 0.6) is 0 Å². The van der Waals surface area contributed by atoms with Gasteiger partial charge in [0.25, 0.3) is 6.43 Å². The molecule has 0 bridgehead atoms. The van der Waals surface area contributed by atoms with Crippen LogP contribution in [0.15, 0.2) is 24.5 Å². The number of fused-ring (bicyclic) bond motifs is 1. The van der Waals surface area contributed by atoms with Crippen LogP contribution in [0.4, 0.5) is 8.78 Å². The molecule has 2 aromatic heterocycles. The number of carbonyl (C=O) groups is 1. The van der Waals surface area contributed by atoms with Crippen molar-refractivity contribution in [2.24, 2.45) is 0 Å². The Hall–Kier alpha value is -1.98. The second kappa shape index (κ2) is 3.30. The van der Waals surface area contributed by atoms with E-state index in [1.54, 1.807) is 0 Å². The van der Waals surface area contributed by atoms with Crippen LogP contribution in [0.1, 0.15) is 22.3 Å². The Bertz CT molecular complexity index is 522. The summed E-state index contributed by atoms with van der Waals surface area (Å²) in [6.07, 6.45) is -0.289. The standard InChI is InChI=1S/C9H6F2N2O2/c10-8(11)6-4-12-13-2-1-5(9(14)15)3-7(6)13/h1-4,8H,(H,14,15). The lowest BCUT2D eigenvalue weighted by Gasteiger charge is -1.98. The molecular formula is C9H6F2N2O2. The minimum Gasteiger partial charge on any atom is -0.478 e. The van der Waals surface area contributed by atoms with Crippen molar-refractivity contribution in [2.75, 3.05) is 0 Å². The summed E-state index contributed by atoms with van der Waals surface area (Å²) in [7, 11) is 0. The van der Waals surface area contributed by atoms with Gasteiger partial charge in [0.15, 0.2) is 0 Å². The molecule has 0 saturated heterocycles. The van der Waals surface area contributed by atoms with Gasteiger partial charge in [0.2, 0.25) is 0 Å². The SMILES string of the molecule is O=C(O)c1ccn2ncc(C(F)F)c2c1. The van der Waals surface area contributed by atoms with Gasteiger partial charge in [-0.15, -0.1) is 0 Å². The number of carboxylic acid groups (broad SMARTS) is 1. The molecule has 0 unspecified atom stereocenters. The number of carboxylic acids is 1. The molecule has 2 aromatic rings. The fourth-order valence-electron chi connectivity index (χ4n) is 1.30. The molecule has 15 heavy (non-hydrogen) atoms. The summed E-state index contributed by atoms with van der Waals surface area (Å²) in [6, 6.07) is 2.48. The van der Waals surface area contributed by atoms with E-state index in [0.717, 1.165) is 6.20 Å². The first kappa shape index (κ1) is 9.57. The molecule has 0 radical (unpaired) electrons. The Morgan fingerprint density at radius 2 is 2.27 bits per heavy atom. The Kier molecular flexibility index (Phi) is 2.11. The summed E-state index contributed by atoms with van der Waals surface area (Å²) in [5.41, 5.74) is -0.187. The van der Waals surface area contributed by atoms with Crippen LogP contribution in [0.25, 0.3) is 5.52 Å². The molecule has 0 aliphatic rings. The van der Waals surface area contributed by atoms with Crippen LogP contribution in [0.3, 0.4) is 0 Å². The van der Waals surface area contributed by atoms with E-state index in [2.05, 4.69) is 5.10 Å². The maximum Gasteiger partial charge on any atom is 0.335 e. The van der Waals surface area contributed by atoms with Crippen LogP contribution < -0.4 is 0 Å². The molecule has 0 aliphatic heterocycles. The van der Waals surface area contributed by atoms with Crippen molar-refractivity contribution in [1.82, 2.24) is 9.61 Å². The van der Waals surface area contributed by atoms with Crippen LogP contribution in [0, 0.1) is 0 Å². The fourth-order valence-corrected chi connectivity index (χ4v) is 1.30. The predicted octanol–water partition coefficient (Wildman–Crippen LogP) is 1.97. The van der Waals surface area contributed by atoms with Crippen LogP contribution in [-0.4, -0.2) is 20.7 Å². The van der Waals surface area contributed by atoms with Crippen LogP contribution >= 0.6 is 0 Å². The molecule has 6 heteroatoms. The van der Waals surface area contributed by atoms with E-state index in [1.165, 1.54) is 22.8 Å². The summed E-state index contributed by atoms with van der Waals surface area (Å²) < 4.78 is 26.1. The fraction of sp³-hybridized carbons (Fsp3) is 0.111. The van der Waals surface area contributed by atoms with E-state index in [0.29, 0.717) is 0 Å². The van der Waals surface area contributed by atoms with Crippen molar-refractivity contribution in [3.63, 3.8) is 0 Å². The number of rotatable bonds is 2. The molecule has 2 rings (SSSR count). The van der Waals surface area contributed by atoms with Crippen molar-refractivity contribution in [3.05, 3.63) is 35.7 Å². The van der Waals surface area contributed by atoms with Gasteiger partial charge < -0.3 is 5.11 Å². The first-order chi connectivity index (χ1) is 7.09. The zero-order valence-electron chi connectivity index (χ0n) is 7.39. The molecule has 0 aliphatic carbocycles. The number of aromatic nitrogens is 2. The van der Waals surface area contributed by atoms with Crippen LogP contribution in [-0.2, 0) is 0 Å². The van der Waals surface area contributed by atoms with Gasteiger partial charge in [0, 0.05) is 6.20 Å². The lowest BCUT2D eigenvalue weighted by molar-refractivity contribution is 0.0696. The molecule has 78 valence electrons. The second-order valence-electron chi connectivity index (χ2n) is 2.95. The Balaban J connectivity index is 2.66. The topological polar surface area (TPSA) is 54.6 Å². The van der Waals surface area contributed by atoms with Gasteiger partial charge in [-0.1, -0.05) is 0 Å². The van der Waals surface area contributed by atoms with E-state index in [4.69, 9.17) is 5.11 Å². The number of hydrogen-bond donors (Lipinski definition) is 1. The number of pyridine rings is 1. The van der Waals surface area contributed by atoms with Crippen molar-refractivity contribution in [1.29, 1.82) is 0 Å². The Labute approximate surface area is 82.8 Å². The Morgan fingerprint density at radius 1 is 1.53 bits per heavy atom. The lowest BCUT2D eigenvalue weighted by atomic mass is 10.2. The predicted molar refractivity (Wildman–Crippen MR) is 47.1 cm³/mol. The minimum absolute atomic E-state index is 0.0371. The van der Waals surface area contributed by atoms with Crippen molar-refractivity contribution < 1.29 is 18.7 Å². The first-order valence-corrected chi connectivity index (χ1v) is 4.08. The third-order valence-corrected chi connectivity index (χ3v) is 2.03. The van der Waals surface area contributed by atoms with Crippen LogP contribution in [0.2, 0.25) is 0 Å². The van der Waals surface area contributed by atoms with Gasteiger partial charge in [-0.05, 0) is 12.1 Å². The van der Waals surface area contributed by atoms with Gasteiger partial charge in [0.1, 0.15) is 0 Å². The highest BCUT2D eigenvalue weighted by molar-refractivity contribution is 5.89. The maximum absolute atomic E-state index is 12.5. The molecule has 1 N–H and O–H groups in total. The second-order valence-corrected chi connectivity index (χ2v) is 2.95. The van der Waals surface area contributed by atoms with Crippen molar-refractivity contribution >= 4 is 11.5 Å². The Morgan fingerprint density at radius 3 is 2.87 bits per heavy atom. The van der Waals surface area contributed by atoms with E-state index >= 15 is 0 Å². The quantitative estimate of drug-likeness (QED) is 0.827. The highest BCUT2D eigenvalue weighted by atomic mass is 19.3. The number of halogens is 2. The highest BCUT2D eigenvalue weighted by Crippen LogP contribution is 2.23. The number of alkyl halides is 2. The number of nitrogens with zero attached hydrogens (tertiary/aromatic N) is 2. The normalized spacial score (nSPS) is 11.1. The average molecular weight is 212 g/mol. The van der Waals surface area contributed by atoms with Gasteiger partial charge in [0.05, 0.1) is 22.8 Å². The maximum atomic E-state index is 12.5. The summed E-state index contributed by atoms with van der Waals surface area (Å²) in [5.74, 6) is -1.15. The van der Waals surface area contributed by atoms with Gasteiger partial charge in [-0.25, -0.2) is 18.1 Å². The van der Waals surface area contributed by atoms with Gasteiger partial charge in [-0.3, -0.25) is 0 Å². The first-order valence-electron chi connectivity index (χ1n) is 4.08. The summed E-state index contributed by atoms with van der Waals surface area (Å²) in [6.45, 7) is 0. The molecule has 4 nitrogen and oxygen atoms in total. The highest BCUT2D eigenvalue weighted by Gasteiger charge is 2.15. The van der Waals surface area contributed by atoms with Gasteiger partial charge >= 0.3 is 5.97 Å². The minimum atomic E-state index is -2.66. The smallest absolute Gasteiger partial charge is 0.335 e. The van der Waals surface area contributed by atoms with Crippen molar-refractivity contribution in [2.45, 2.75) is 6.43 Å². The number of hydrogen-bond acceptors (Lipinski definition) is 2. The molecule has 0 amide bonds. The largest absolute Gasteiger partial charge is 0.478 e. The molecule has 0 fully saturated rings. The monoisotopic (exact) mass is 212 g/mol. The van der Waals surface area contributed by atoms with E-state index in [-0.39, 0.29) is 16.6 Å². The third kappa shape index (κ3) is 1.54. The molecule has 0 aromatic carbocycles. The zero-order chi connectivity index (χ0) is 11.0.